The van der Waals surface area contributed by atoms with Crippen LogP contribution < -0.4 is 0 Å². The second-order valence-electron chi connectivity index (χ2n) is 4.33. The van der Waals surface area contributed by atoms with Crippen molar-refractivity contribution in [2.75, 3.05) is 13.1 Å². The fraction of sp³-hybridized carbons (Fsp3) is 0.900. The van der Waals surface area contributed by atoms with Crippen LogP contribution >= 0.6 is 0 Å². The molecule has 1 aliphatic heterocycles. The summed E-state index contributed by atoms with van der Waals surface area (Å²) in [7, 11) is 0. The highest BCUT2D eigenvalue weighted by Crippen LogP contribution is 2.50. The van der Waals surface area contributed by atoms with E-state index in [4.69, 9.17) is 0 Å². The third-order valence-electron chi connectivity index (χ3n) is 3.43. The summed E-state index contributed by atoms with van der Waals surface area (Å²) in [5.41, 5.74) is -0.0237. The van der Waals surface area contributed by atoms with Crippen LogP contribution in [-0.4, -0.2) is 35.1 Å². The molecular formula is C10H17NO2. The molecule has 0 spiro atoms. The lowest BCUT2D eigenvalue weighted by Gasteiger charge is -2.21. The second-order valence-corrected chi connectivity index (χ2v) is 4.33. The summed E-state index contributed by atoms with van der Waals surface area (Å²) in [6.45, 7) is 3.39. The molecule has 0 aromatic carbocycles. The first-order chi connectivity index (χ1) is 6.18. The first-order valence-electron chi connectivity index (χ1n) is 5.15. The smallest absolute Gasteiger partial charge is 0.228 e. The van der Waals surface area contributed by atoms with Crippen LogP contribution in [0, 0.1) is 5.41 Å². The Kier molecular flexibility index (Phi) is 2.06. The monoisotopic (exact) mass is 183 g/mol. The molecule has 13 heavy (non-hydrogen) atoms. The molecule has 0 aromatic rings. The minimum atomic E-state index is -0.281. The Hall–Kier alpha value is -0.570. The van der Waals surface area contributed by atoms with Crippen molar-refractivity contribution in [2.45, 2.75) is 38.7 Å². The summed E-state index contributed by atoms with van der Waals surface area (Å²) < 4.78 is 0. The quantitative estimate of drug-likeness (QED) is 0.687. The fourth-order valence-corrected chi connectivity index (χ4v) is 2.13. The van der Waals surface area contributed by atoms with E-state index in [0.717, 1.165) is 32.2 Å². The molecule has 3 heteroatoms. The molecule has 1 N–H and O–H groups in total. The Balaban J connectivity index is 1.98. The van der Waals surface area contributed by atoms with E-state index in [2.05, 4.69) is 6.92 Å². The number of rotatable bonds is 2. The number of carbonyl (C=O) groups excluding carboxylic acids is 1. The number of likely N-dealkylation sites (tertiary alicyclic amines) is 1. The summed E-state index contributed by atoms with van der Waals surface area (Å²) in [6, 6.07) is 0. The summed E-state index contributed by atoms with van der Waals surface area (Å²) in [5.74, 6) is 0.284. The molecular weight excluding hydrogens is 166 g/mol. The molecule has 0 aromatic heterocycles. The Bertz CT molecular complexity index is 223. The standard InChI is InChI=1S/C10H17NO2/c1-2-10(4-5-10)9(13)11-6-3-8(12)7-11/h8,12H,2-7H2,1H3/t8-/m1/s1. The largest absolute Gasteiger partial charge is 0.391 e. The van der Waals surface area contributed by atoms with Gasteiger partial charge in [-0.3, -0.25) is 4.79 Å². The number of amides is 1. The lowest BCUT2D eigenvalue weighted by atomic mass is 10.0. The number of carbonyl (C=O) groups is 1. The Labute approximate surface area is 78.7 Å². The molecule has 0 bridgehead atoms. The van der Waals surface area contributed by atoms with Crippen LogP contribution in [0.3, 0.4) is 0 Å². The van der Waals surface area contributed by atoms with Crippen molar-refractivity contribution in [1.29, 1.82) is 0 Å². The maximum absolute atomic E-state index is 11.9. The topological polar surface area (TPSA) is 40.5 Å². The van der Waals surface area contributed by atoms with Crippen LogP contribution in [0.5, 0.6) is 0 Å². The maximum atomic E-state index is 11.9. The third-order valence-corrected chi connectivity index (χ3v) is 3.43. The molecule has 2 aliphatic rings. The molecule has 0 unspecified atom stereocenters. The minimum Gasteiger partial charge on any atom is -0.391 e. The second kappa shape index (κ2) is 2.98. The number of aliphatic hydroxyl groups is 1. The number of nitrogens with zero attached hydrogens (tertiary/aromatic N) is 1. The normalized spacial score (nSPS) is 30.6. The van der Waals surface area contributed by atoms with E-state index in [1.54, 1.807) is 0 Å². The molecule has 1 saturated carbocycles. The van der Waals surface area contributed by atoms with Gasteiger partial charge in [0.1, 0.15) is 0 Å². The Morgan fingerprint density at radius 3 is 2.69 bits per heavy atom. The maximum Gasteiger partial charge on any atom is 0.228 e. The van der Waals surface area contributed by atoms with Crippen molar-refractivity contribution < 1.29 is 9.90 Å². The van der Waals surface area contributed by atoms with Gasteiger partial charge in [0.15, 0.2) is 0 Å². The van der Waals surface area contributed by atoms with Crippen molar-refractivity contribution >= 4 is 5.91 Å². The molecule has 2 fully saturated rings. The predicted octanol–water partition coefficient (Wildman–Crippen LogP) is 0.770. The van der Waals surface area contributed by atoms with E-state index in [0.29, 0.717) is 6.54 Å². The molecule has 2 rings (SSSR count). The van der Waals surface area contributed by atoms with Crippen LogP contribution in [-0.2, 0) is 4.79 Å². The van der Waals surface area contributed by atoms with Crippen molar-refractivity contribution in [2.24, 2.45) is 5.41 Å². The Morgan fingerprint density at radius 2 is 2.31 bits per heavy atom. The van der Waals surface area contributed by atoms with Gasteiger partial charge in [-0.2, -0.15) is 0 Å². The van der Waals surface area contributed by atoms with E-state index in [1.807, 2.05) is 4.90 Å². The van der Waals surface area contributed by atoms with Gasteiger partial charge in [0.05, 0.1) is 6.10 Å². The molecule has 1 aliphatic carbocycles. The molecule has 0 radical (unpaired) electrons. The Morgan fingerprint density at radius 1 is 1.62 bits per heavy atom. The third kappa shape index (κ3) is 1.46. The van der Waals surface area contributed by atoms with Gasteiger partial charge in [0.2, 0.25) is 5.91 Å². The number of β-amino-alcohol motifs (C(OH)–C–C–N with tert-alkyl or cyclic N) is 1. The van der Waals surface area contributed by atoms with Crippen molar-refractivity contribution in [3.8, 4) is 0 Å². The lowest BCUT2D eigenvalue weighted by Crippen LogP contribution is -2.35. The van der Waals surface area contributed by atoms with Gasteiger partial charge in [-0.05, 0) is 25.7 Å². The first-order valence-corrected chi connectivity index (χ1v) is 5.15. The van der Waals surface area contributed by atoms with Gasteiger partial charge in [-0.15, -0.1) is 0 Å². The average molecular weight is 183 g/mol. The molecule has 1 atom stereocenters. The zero-order valence-electron chi connectivity index (χ0n) is 8.12. The van der Waals surface area contributed by atoms with Gasteiger partial charge in [-0.25, -0.2) is 0 Å². The first kappa shape index (κ1) is 9.00. The van der Waals surface area contributed by atoms with Gasteiger partial charge in [-0.1, -0.05) is 6.92 Å². The average Bonchev–Trinajstić information content (AvgIpc) is 2.82. The van der Waals surface area contributed by atoms with Crippen LogP contribution in [0.2, 0.25) is 0 Å². The summed E-state index contributed by atoms with van der Waals surface area (Å²) in [6.07, 6.45) is 3.53. The van der Waals surface area contributed by atoms with Crippen molar-refractivity contribution in [1.82, 2.24) is 4.90 Å². The fourth-order valence-electron chi connectivity index (χ4n) is 2.13. The van der Waals surface area contributed by atoms with Crippen LogP contribution in [0.25, 0.3) is 0 Å². The van der Waals surface area contributed by atoms with E-state index in [1.165, 1.54) is 0 Å². The zero-order chi connectivity index (χ0) is 9.47. The molecule has 1 amide bonds. The highest BCUT2D eigenvalue weighted by molar-refractivity contribution is 5.85. The van der Waals surface area contributed by atoms with Crippen molar-refractivity contribution in [3.63, 3.8) is 0 Å². The number of aliphatic hydroxyl groups excluding tert-OH is 1. The van der Waals surface area contributed by atoms with Crippen LogP contribution in [0.4, 0.5) is 0 Å². The molecule has 1 heterocycles. The van der Waals surface area contributed by atoms with E-state index in [9.17, 15) is 9.90 Å². The minimum absolute atomic E-state index is 0.0237. The summed E-state index contributed by atoms with van der Waals surface area (Å²) in [5, 5.41) is 9.31. The zero-order valence-corrected chi connectivity index (χ0v) is 8.12. The summed E-state index contributed by atoms with van der Waals surface area (Å²) in [4.78, 5) is 13.8. The van der Waals surface area contributed by atoms with Gasteiger partial charge in [0.25, 0.3) is 0 Å². The lowest BCUT2D eigenvalue weighted by molar-refractivity contribution is -0.136. The highest BCUT2D eigenvalue weighted by Gasteiger charge is 2.50. The van der Waals surface area contributed by atoms with Gasteiger partial charge >= 0.3 is 0 Å². The van der Waals surface area contributed by atoms with Crippen molar-refractivity contribution in [3.05, 3.63) is 0 Å². The molecule has 3 nitrogen and oxygen atoms in total. The van der Waals surface area contributed by atoms with E-state index in [-0.39, 0.29) is 17.4 Å². The number of hydrogen-bond donors (Lipinski definition) is 1. The molecule has 1 saturated heterocycles. The number of hydrogen-bond acceptors (Lipinski definition) is 2. The SMILES string of the molecule is CCC1(C(=O)N2CC[C@@H](O)C2)CC1. The predicted molar refractivity (Wildman–Crippen MR) is 49.2 cm³/mol. The summed E-state index contributed by atoms with van der Waals surface area (Å²) >= 11 is 0. The van der Waals surface area contributed by atoms with Gasteiger partial charge in [0, 0.05) is 18.5 Å². The van der Waals surface area contributed by atoms with Crippen LogP contribution in [0.15, 0.2) is 0 Å². The van der Waals surface area contributed by atoms with E-state index < -0.39 is 0 Å². The van der Waals surface area contributed by atoms with Gasteiger partial charge < -0.3 is 10.0 Å². The molecule has 74 valence electrons. The highest BCUT2D eigenvalue weighted by atomic mass is 16.3. The van der Waals surface area contributed by atoms with Crippen LogP contribution in [0.1, 0.15) is 32.6 Å². The van der Waals surface area contributed by atoms with E-state index >= 15 is 0 Å².